The number of piperidine rings is 1. The number of ether oxygens (including phenoxy) is 1. The maximum absolute atomic E-state index is 13.4. The first-order valence-electron chi connectivity index (χ1n) is 9.72. The van der Waals surface area contributed by atoms with E-state index in [-0.39, 0.29) is 35.3 Å². The van der Waals surface area contributed by atoms with Gasteiger partial charge < -0.3 is 9.64 Å². The molecule has 0 unspecified atom stereocenters. The highest BCUT2D eigenvalue weighted by Crippen LogP contribution is 2.38. The minimum Gasteiger partial charge on any atom is -0.460 e. The smallest absolute Gasteiger partial charge is 0.418 e. The van der Waals surface area contributed by atoms with E-state index in [1.54, 1.807) is 0 Å². The first-order valence-corrected chi connectivity index (χ1v) is 9.72. The van der Waals surface area contributed by atoms with E-state index >= 15 is 0 Å². The summed E-state index contributed by atoms with van der Waals surface area (Å²) in [5.74, 6) is 0.0847. The van der Waals surface area contributed by atoms with Gasteiger partial charge in [0, 0.05) is 25.5 Å². The van der Waals surface area contributed by atoms with Gasteiger partial charge in [-0.05, 0) is 51.2 Å². The molecule has 0 bridgehead atoms. The molecule has 29 heavy (non-hydrogen) atoms. The predicted molar refractivity (Wildman–Crippen MR) is 104 cm³/mol. The molecule has 3 rings (SSSR count). The second-order valence-corrected chi connectivity index (χ2v) is 8.79. The second-order valence-electron chi connectivity index (χ2n) is 8.79. The SMILES string of the molecule is C[C@H]1C[C@@H](CC(=O)OC(C)(C)C)CN(c2ccc(C(F)(F)F)c3nccnc23)C1. The lowest BCUT2D eigenvalue weighted by Crippen LogP contribution is -2.41. The van der Waals surface area contributed by atoms with E-state index in [4.69, 9.17) is 4.74 Å². The molecular formula is C21H26F3N3O2. The van der Waals surface area contributed by atoms with E-state index < -0.39 is 17.3 Å². The van der Waals surface area contributed by atoms with Crippen molar-refractivity contribution < 1.29 is 22.7 Å². The highest BCUT2D eigenvalue weighted by Gasteiger charge is 2.35. The Balaban J connectivity index is 1.88. The van der Waals surface area contributed by atoms with Gasteiger partial charge in [0.05, 0.1) is 17.7 Å². The van der Waals surface area contributed by atoms with Crippen molar-refractivity contribution >= 4 is 22.7 Å². The number of hydrogen-bond donors (Lipinski definition) is 0. The van der Waals surface area contributed by atoms with Crippen molar-refractivity contribution in [2.45, 2.75) is 52.3 Å². The normalized spacial score (nSPS) is 20.7. The van der Waals surface area contributed by atoms with Crippen molar-refractivity contribution in [3.63, 3.8) is 0 Å². The lowest BCUT2D eigenvalue weighted by atomic mass is 9.87. The van der Waals surface area contributed by atoms with Crippen molar-refractivity contribution in [1.29, 1.82) is 0 Å². The van der Waals surface area contributed by atoms with Gasteiger partial charge in [-0.3, -0.25) is 14.8 Å². The summed E-state index contributed by atoms with van der Waals surface area (Å²) < 4.78 is 45.5. The van der Waals surface area contributed by atoms with Gasteiger partial charge >= 0.3 is 12.1 Å². The maximum Gasteiger partial charge on any atom is 0.418 e. The van der Waals surface area contributed by atoms with Crippen LogP contribution in [0.5, 0.6) is 0 Å². The summed E-state index contributed by atoms with van der Waals surface area (Å²) in [6, 6.07) is 2.52. The summed E-state index contributed by atoms with van der Waals surface area (Å²) >= 11 is 0. The Morgan fingerprint density at radius 1 is 1.14 bits per heavy atom. The summed E-state index contributed by atoms with van der Waals surface area (Å²) in [6.45, 7) is 8.80. The molecule has 1 aromatic carbocycles. The first-order chi connectivity index (χ1) is 13.4. The number of rotatable bonds is 3. The molecule has 0 aliphatic carbocycles. The van der Waals surface area contributed by atoms with Crippen LogP contribution >= 0.6 is 0 Å². The standard InChI is InChI=1S/C21H26F3N3O2/c1-13-9-14(10-17(28)29-20(2,3)4)12-27(11-13)16-6-5-15(21(22,23)24)18-19(16)26-8-7-25-18/h5-8,13-14H,9-12H2,1-4H3/t13-,14-/m0/s1. The fourth-order valence-corrected chi connectivity index (χ4v) is 3.97. The lowest BCUT2D eigenvalue weighted by molar-refractivity contribution is -0.156. The van der Waals surface area contributed by atoms with Gasteiger partial charge in [0.2, 0.25) is 0 Å². The number of benzene rings is 1. The van der Waals surface area contributed by atoms with Crippen LogP contribution < -0.4 is 4.90 Å². The predicted octanol–water partition coefficient (Wildman–Crippen LogP) is 4.84. The zero-order chi connectivity index (χ0) is 21.4. The molecular weight excluding hydrogens is 383 g/mol. The zero-order valence-electron chi connectivity index (χ0n) is 17.1. The molecule has 0 spiro atoms. The molecule has 0 amide bonds. The molecule has 1 fully saturated rings. The number of hydrogen-bond acceptors (Lipinski definition) is 5. The Morgan fingerprint density at radius 2 is 1.79 bits per heavy atom. The Bertz CT molecular complexity index is 893. The number of fused-ring (bicyclic) bond motifs is 1. The molecule has 1 aromatic heterocycles. The second kappa shape index (κ2) is 7.80. The number of nitrogens with zero attached hydrogens (tertiary/aromatic N) is 3. The van der Waals surface area contributed by atoms with Gasteiger partial charge in [0.25, 0.3) is 0 Å². The fourth-order valence-electron chi connectivity index (χ4n) is 3.97. The third kappa shape index (κ3) is 5.16. The molecule has 0 radical (unpaired) electrons. The van der Waals surface area contributed by atoms with Crippen LogP contribution in [0, 0.1) is 11.8 Å². The topological polar surface area (TPSA) is 55.3 Å². The van der Waals surface area contributed by atoms with Crippen LogP contribution in [0.25, 0.3) is 11.0 Å². The van der Waals surface area contributed by atoms with E-state index in [0.29, 0.717) is 18.8 Å². The van der Waals surface area contributed by atoms with Crippen molar-refractivity contribution in [1.82, 2.24) is 9.97 Å². The van der Waals surface area contributed by atoms with Crippen molar-refractivity contribution in [2.75, 3.05) is 18.0 Å². The van der Waals surface area contributed by atoms with Crippen molar-refractivity contribution in [2.24, 2.45) is 11.8 Å². The first kappa shape index (κ1) is 21.3. The number of aromatic nitrogens is 2. The molecule has 1 saturated heterocycles. The highest BCUT2D eigenvalue weighted by molar-refractivity contribution is 5.90. The number of halogens is 3. The highest BCUT2D eigenvalue weighted by atomic mass is 19.4. The quantitative estimate of drug-likeness (QED) is 0.679. The zero-order valence-corrected chi connectivity index (χ0v) is 17.1. The van der Waals surface area contributed by atoms with Crippen LogP contribution in [0.1, 0.15) is 46.1 Å². The Morgan fingerprint density at radius 3 is 2.41 bits per heavy atom. The van der Waals surface area contributed by atoms with Crippen LogP contribution in [0.3, 0.4) is 0 Å². The average molecular weight is 409 g/mol. The summed E-state index contributed by atoms with van der Waals surface area (Å²) in [7, 11) is 0. The summed E-state index contributed by atoms with van der Waals surface area (Å²) in [4.78, 5) is 22.4. The minimum atomic E-state index is -4.50. The number of alkyl halides is 3. The van der Waals surface area contributed by atoms with Crippen molar-refractivity contribution in [3.8, 4) is 0 Å². The number of esters is 1. The van der Waals surface area contributed by atoms with Crippen LogP contribution in [-0.4, -0.2) is 34.6 Å². The minimum absolute atomic E-state index is 0.0580. The largest absolute Gasteiger partial charge is 0.460 e. The van der Waals surface area contributed by atoms with Crippen LogP contribution in [0.4, 0.5) is 18.9 Å². The molecule has 8 heteroatoms. The van der Waals surface area contributed by atoms with Crippen LogP contribution in [0.2, 0.25) is 0 Å². The van der Waals surface area contributed by atoms with Crippen LogP contribution in [-0.2, 0) is 15.7 Å². The fraction of sp³-hybridized carbons (Fsp3) is 0.571. The molecule has 5 nitrogen and oxygen atoms in total. The lowest BCUT2D eigenvalue weighted by Gasteiger charge is -2.38. The molecule has 0 N–H and O–H groups in total. The molecule has 2 aromatic rings. The Kier molecular flexibility index (Phi) is 5.74. The molecule has 2 heterocycles. The van der Waals surface area contributed by atoms with Crippen LogP contribution in [0.15, 0.2) is 24.5 Å². The van der Waals surface area contributed by atoms with Gasteiger partial charge in [0.15, 0.2) is 0 Å². The summed E-state index contributed by atoms with van der Waals surface area (Å²) in [6.07, 6.45) is -0.688. The summed E-state index contributed by atoms with van der Waals surface area (Å²) in [5, 5.41) is 0. The molecule has 0 saturated carbocycles. The number of carbonyl (C=O) groups excluding carboxylic acids is 1. The van der Waals surface area contributed by atoms with Gasteiger partial charge in [-0.25, -0.2) is 0 Å². The van der Waals surface area contributed by atoms with Gasteiger partial charge in [-0.1, -0.05) is 6.92 Å². The van der Waals surface area contributed by atoms with E-state index in [9.17, 15) is 18.0 Å². The van der Waals surface area contributed by atoms with E-state index in [1.165, 1.54) is 18.5 Å². The van der Waals surface area contributed by atoms with Gasteiger partial charge in [-0.15, -0.1) is 0 Å². The van der Waals surface area contributed by atoms with E-state index in [2.05, 4.69) is 16.9 Å². The average Bonchev–Trinajstić information content (AvgIpc) is 2.57. The molecule has 2 atom stereocenters. The Hall–Kier alpha value is -2.38. The number of anilines is 1. The molecule has 1 aliphatic rings. The molecule has 1 aliphatic heterocycles. The van der Waals surface area contributed by atoms with Gasteiger partial charge in [-0.2, -0.15) is 13.2 Å². The van der Waals surface area contributed by atoms with E-state index in [1.807, 2.05) is 25.7 Å². The van der Waals surface area contributed by atoms with Crippen molar-refractivity contribution in [3.05, 3.63) is 30.1 Å². The third-order valence-corrected chi connectivity index (χ3v) is 4.87. The summed E-state index contributed by atoms with van der Waals surface area (Å²) in [5.41, 5.74) is -0.649. The molecule has 158 valence electrons. The maximum atomic E-state index is 13.4. The third-order valence-electron chi connectivity index (χ3n) is 4.87. The van der Waals surface area contributed by atoms with E-state index in [0.717, 1.165) is 12.5 Å². The Labute approximate surface area is 168 Å². The van der Waals surface area contributed by atoms with Gasteiger partial charge in [0.1, 0.15) is 16.6 Å². The number of carbonyl (C=O) groups is 1. The monoisotopic (exact) mass is 409 g/mol.